The van der Waals surface area contributed by atoms with Crippen LogP contribution in [0.15, 0.2) is 73.1 Å². The summed E-state index contributed by atoms with van der Waals surface area (Å²) in [5, 5.41) is 16.2. The van der Waals surface area contributed by atoms with Crippen LogP contribution >= 0.6 is 0 Å². The van der Waals surface area contributed by atoms with Gasteiger partial charge >= 0.3 is 5.97 Å². The summed E-state index contributed by atoms with van der Waals surface area (Å²) in [4.78, 5) is 34.7. The second-order valence-corrected chi connectivity index (χ2v) is 8.42. The lowest BCUT2D eigenvalue weighted by Crippen LogP contribution is -2.19. The number of benzene rings is 3. The third-order valence-corrected chi connectivity index (χ3v) is 5.44. The average molecular weight is 486 g/mol. The van der Waals surface area contributed by atoms with Crippen molar-refractivity contribution in [1.82, 2.24) is 14.9 Å². The molecular formula is C27H27N5O4. The van der Waals surface area contributed by atoms with E-state index < -0.39 is 5.97 Å². The van der Waals surface area contributed by atoms with Crippen LogP contribution in [0.4, 0.5) is 11.5 Å². The molecule has 0 radical (unpaired) electrons. The predicted molar refractivity (Wildman–Crippen MR) is 139 cm³/mol. The van der Waals surface area contributed by atoms with Gasteiger partial charge in [-0.15, -0.1) is 0 Å². The molecule has 1 aromatic heterocycles. The van der Waals surface area contributed by atoms with Crippen molar-refractivity contribution >= 4 is 34.3 Å². The Labute approximate surface area is 208 Å². The number of carbonyl (C=O) groups is 2. The number of hydrogen-bond donors (Lipinski definition) is 3. The standard InChI is InChI=1S/C27H27N5O4/c1-32(2)12-13-36-21-9-4-7-19(15-21)26(33)31-20-8-3-6-18(14-20)16-28-25-22-10-5-11-23(27(34)35)24(22)29-17-30-25/h3-11,14-15,17H,12-13,16H2,1-2H3,(H,31,33)(H,34,35)(H,28,29,30). The summed E-state index contributed by atoms with van der Waals surface area (Å²) in [7, 11) is 3.95. The Balaban J connectivity index is 1.42. The number of nitrogens with zero attached hydrogens (tertiary/aromatic N) is 3. The number of aromatic nitrogens is 2. The van der Waals surface area contributed by atoms with Gasteiger partial charge in [0.1, 0.15) is 24.5 Å². The Morgan fingerprint density at radius 3 is 2.61 bits per heavy atom. The zero-order valence-electron chi connectivity index (χ0n) is 20.1. The Bertz CT molecular complexity index is 1390. The summed E-state index contributed by atoms with van der Waals surface area (Å²) >= 11 is 0. The molecule has 184 valence electrons. The van der Waals surface area contributed by atoms with Crippen LogP contribution < -0.4 is 15.4 Å². The first kappa shape index (κ1) is 24.6. The summed E-state index contributed by atoms with van der Waals surface area (Å²) < 4.78 is 5.73. The molecule has 0 saturated heterocycles. The van der Waals surface area contributed by atoms with E-state index in [4.69, 9.17) is 4.74 Å². The minimum Gasteiger partial charge on any atom is -0.492 e. The molecule has 1 heterocycles. The van der Waals surface area contributed by atoms with Gasteiger partial charge in [-0.1, -0.05) is 24.3 Å². The first-order valence-electron chi connectivity index (χ1n) is 11.4. The molecule has 36 heavy (non-hydrogen) atoms. The summed E-state index contributed by atoms with van der Waals surface area (Å²) in [6, 6.07) is 19.5. The number of rotatable bonds is 10. The van der Waals surface area contributed by atoms with Crippen LogP contribution in [-0.4, -0.2) is 59.1 Å². The summed E-state index contributed by atoms with van der Waals surface area (Å²) in [5.41, 5.74) is 2.56. The maximum atomic E-state index is 12.8. The van der Waals surface area contributed by atoms with Crippen molar-refractivity contribution in [3.8, 4) is 5.75 Å². The largest absolute Gasteiger partial charge is 0.492 e. The smallest absolute Gasteiger partial charge is 0.337 e. The molecule has 3 N–H and O–H groups in total. The number of likely N-dealkylation sites (N-methyl/N-ethyl adjacent to an activating group) is 1. The van der Waals surface area contributed by atoms with Gasteiger partial charge in [0.25, 0.3) is 5.91 Å². The van der Waals surface area contributed by atoms with E-state index in [2.05, 4.69) is 20.6 Å². The molecule has 0 fully saturated rings. The van der Waals surface area contributed by atoms with Crippen LogP contribution in [0.1, 0.15) is 26.3 Å². The first-order chi connectivity index (χ1) is 17.4. The van der Waals surface area contributed by atoms with Crippen molar-refractivity contribution in [1.29, 1.82) is 0 Å². The number of carboxylic acid groups (broad SMARTS) is 1. The maximum Gasteiger partial charge on any atom is 0.337 e. The highest BCUT2D eigenvalue weighted by atomic mass is 16.5. The summed E-state index contributed by atoms with van der Waals surface area (Å²) in [5.74, 6) is -0.102. The number of ether oxygens (including phenoxy) is 1. The normalized spacial score (nSPS) is 10.9. The zero-order chi connectivity index (χ0) is 25.5. The summed E-state index contributed by atoms with van der Waals surface area (Å²) in [6.07, 6.45) is 1.34. The van der Waals surface area contributed by atoms with Gasteiger partial charge in [0.2, 0.25) is 0 Å². The van der Waals surface area contributed by atoms with E-state index >= 15 is 0 Å². The lowest BCUT2D eigenvalue weighted by Gasteiger charge is -2.12. The van der Waals surface area contributed by atoms with Crippen LogP contribution in [0.2, 0.25) is 0 Å². The Kier molecular flexibility index (Phi) is 7.72. The van der Waals surface area contributed by atoms with Crippen LogP contribution in [-0.2, 0) is 6.54 Å². The van der Waals surface area contributed by atoms with E-state index in [0.29, 0.717) is 46.9 Å². The van der Waals surface area contributed by atoms with Gasteiger partial charge in [-0.3, -0.25) is 4.79 Å². The fourth-order valence-corrected chi connectivity index (χ4v) is 3.62. The quantitative estimate of drug-likeness (QED) is 0.307. The van der Waals surface area contributed by atoms with Gasteiger partial charge in [0.05, 0.1) is 11.1 Å². The molecule has 0 unspecified atom stereocenters. The van der Waals surface area contributed by atoms with Crippen LogP contribution in [0.3, 0.4) is 0 Å². The number of nitrogens with one attached hydrogen (secondary N) is 2. The third kappa shape index (κ3) is 6.13. The number of anilines is 2. The van der Waals surface area contributed by atoms with Crippen molar-refractivity contribution in [2.24, 2.45) is 0 Å². The van der Waals surface area contributed by atoms with E-state index in [1.807, 2.05) is 49.3 Å². The molecule has 0 aliphatic heterocycles. The molecule has 3 aromatic carbocycles. The van der Waals surface area contributed by atoms with E-state index in [0.717, 1.165) is 12.1 Å². The zero-order valence-corrected chi connectivity index (χ0v) is 20.1. The van der Waals surface area contributed by atoms with Gasteiger partial charge < -0.3 is 25.4 Å². The Hall–Kier alpha value is -4.50. The minimum atomic E-state index is -1.04. The van der Waals surface area contributed by atoms with Crippen molar-refractivity contribution in [3.05, 3.63) is 89.7 Å². The lowest BCUT2D eigenvalue weighted by molar-refractivity contribution is 0.0698. The van der Waals surface area contributed by atoms with E-state index in [1.165, 1.54) is 12.4 Å². The molecule has 0 atom stereocenters. The van der Waals surface area contributed by atoms with Gasteiger partial charge in [-0.25, -0.2) is 14.8 Å². The summed E-state index contributed by atoms with van der Waals surface area (Å²) in [6.45, 7) is 1.73. The van der Waals surface area contributed by atoms with Gasteiger partial charge in [0.15, 0.2) is 0 Å². The number of hydrogen-bond acceptors (Lipinski definition) is 7. The lowest BCUT2D eigenvalue weighted by atomic mass is 10.1. The van der Waals surface area contributed by atoms with Crippen molar-refractivity contribution in [2.75, 3.05) is 37.9 Å². The molecule has 0 aliphatic rings. The molecule has 1 amide bonds. The van der Waals surface area contributed by atoms with Gasteiger partial charge in [-0.05, 0) is 62.1 Å². The number of fused-ring (bicyclic) bond motifs is 1. The minimum absolute atomic E-state index is 0.120. The average Bonchev–Trinajstić information content (AvgIpc) is 2.87. The van der Waals surface area contributed by atoms with Gasteiger partial charge in [-0.2, -0.15) is 0 Å². The van der Waals surface area contributed by atoms with E-state index in [-0.39, 0.29) is 11.5 Å². The molecule has 0 bridgehead atoms. The third-order valence-electron chi connectivity index (χ3n) is 5.44. The number of aromatic carboxylic acids is 1. The number of carboxylic acids is 1. The monoisotopic (exact) mass is 485 g/mol. The maximum absolute atomic E-state index is 12.8. The Morgan fingerprint density at radius 2 is 1.81 bits per heavy atom. The molecule has 4 rings (SSSR count). The molecule has 9 heteroatoms. The molecule has 0 saturated carbocycles. The topological polar surface area (TPSA) is 117 Å². The highest BCUT2D eigenvalue weighted by Gasteiger charge is 2.13. The fourth-order valence-electron chi connectivity index (χ4n) is 3.62. The van der Waals surface area contributed by atoms with Crippen molar-refractivity contribution in [2.45, 2.75) is 6.54 Å². The SMILES string of the molecule is CN(C)CCOc1cccc(C(=O)Nc2cccc(CNc3ncnc4c(C(=O)O)cccc34)c2)c1. The van der Waals surface area contributed by atoms with Crippen LogP contribution in [0.25, 0.3) is 10.9 Å². The van der Waals surface area contributed by atoms with Crippen molar-refractivity contribution < 1.29 is 19.4 Å². The molecule has 4 aromatic rings. The highest BCUT2D eigenvalue weighted by Crippen LogP contribution is 2.23. The molecule has 0 spiro atoms. The predicted octanol–water partition coefficient (Wildman–Crippen LogP) is 4.13. The highest BCUT2D eigenvalue weighted by molar-refractivity contribution is 6.05. The van der Waals surface area contributed by atoms with E-state index in [9.17, 15) is 14.7 Å². The molecule has 0 aliphatic carbocycles. The van der Waals surface area contributed by atoms with Gasteiger partial charge in [0, 0.05) is 29.7 Å². The van der Waals surface area contributed by atoms with Crippen molar-refractivity contribution in [3.63, 3.8) is 0 Å². The number of amides is 1. The molecule has 9 nitrogen and oxygen atoms in total. The second-order valence-electron chi connectivity index (χ2n) is 8.42. The van der Waals surface area contributed by atoms with Crippen LogP contribution in [0.5, 0.6) is 5.75 Å². The second kappa shape index (κ2) is 11.3. The first-order valence-corrected chi connectivity index (χ1v) is 11.4. The number of carbonyl (C=O) groups excluding carboxylic acids is 1. The molecular weight excluding hydrogens is 458 g/mol. The van der Waals surface area contributed by atoms with Crippen LogP contribution in [0, 0.1) is 0 Å². The fraction of sp³-hybridized carbons (Fsp3) is 0.185. The Morgan fingerprint density at radius 1 is 1.00 bits per heavy atom. The van der Waals surface area contributed by atoms with E-state index in [1.54, 1.807) is 30.3 Å². The number of para-hydroxylation sites is 1.